The van der Waals surface area contributed by atoms with E-state index in [2.05, 4.69) is 12.1 Å². The molecule has 0 spiro atoms. The summed E-state index contributed by atoms with van der Waals surface area (Å²) in [5.74, 6) is -0.642. The molecule has 0 saturated carbocycles. The Labute approximate surface area is 105 Å². The molecule has 1 N–H and O–H groups in total. The molecule has 18 heavy (non-hydrogen) atoms. The average Bonchev–Trinajstić information content (AvgIpc) is 2.71. The van der Waals surface area contributed by atoms with E-state index >= 15 is 0 Å². The van der Waals surface area contributed by atoms with Crippen LogP contribution < -0.4 is 0 Å². The molecule has 94 valence electrons. The number of rotatable bonds is 4. The molecular formula is C14H15NO3. The number of aryl methyl sites for hydroxylation is 2. The molecule has 1 heterocycles. The molecule has 0 saturated heterocycles. The summed E-state index contributed by atoms with van der Waals surface area (Å²) >= 11 is 0. The number of hydrogen-bond acceptors (Lipinski definition) is 3. The Morgan fingerprint density at radius 1 is 1.28 bits per heavy atom. The van der Waals surface area contributed by atoms with E-state index in [0.29, 0.717) is 17.9 Å². The highest BCUT2D eigenvalue weighted by molar-refractivity contribution is 5.89. The monoisotopic (exact) mass is 245 g/mol. The predicted octanol–water partition coefficient (Wildman–Crippen LogP) is 2.83. The molecule has 1 aromatic carbocycles. The van der Waals surface area contributed by atoms with Crippen LogP contribution in [0.25, 0.3) is 0 Å². The highest BCUT2D eigenvalue weighted by atomic mass is 16.5. The number of hydrogen-bond donors (Lipinski definition) is 1. The molecule has 0 fully saturated rings. The molecule has 0 bridgehead atoms. The number of carbonyl (C=O) groups is 1. The van der Waals surface area contributed by atoms with Gasteiger partial charge in [0.25, 0.3) is 0 Å². The van der Waals surface area contributed by atoms with Gasteiger partial charge in [0, 0.05) is 6.42 Å². The fraction of sp³-hybridized carbons (Fsp3) is 0.286. The quantitative estimate of drug-likeness (QED) is 0.899. The number of carboxylic acids is 1. The lowest BCUT2D eigenvalue weighted by atomic mass is 10.0. The molecule has 0 radical (unpaired) electrons. The summed E-state index contributed by atoms with van der Waals surface area (Å²) in [7, 11) is 0. The minimum atomic E-state index is -0.992. The molecular weight excluding hydrogens is 230 g/mol. The van der Waals surface area contributed by atoms with E-state index in [-0.39, 0.29) is 5.56 Å². The van der Waals surface area contributed by atoms with Gasteiger partial charge in [-0.15, -0.1) is 0 Å². The van der Waals surface area contributed by atoms with Gasteiger partial charge < -0.3 is 9.63 Å². The minimum absolute atomic E-state index is 0.176. The lowest BCUT2D eigenvalue weighted by Crippen LogP contribution is -2.02. The summed E-state index contributed by atoms with van der Waals surface area (Å²) in [5, 5.41) is 12.9. The molecule has 0 aliphatic heterocycles. The van der Waals surface area contributed by atoms with Gasteiger partial charge in [0.05, 0.1) is 0 Å². The predicted molar refractivity (Wildman–Crippen MR) is 66.8 cm³/mol. The van der Waals surface area contributed by atoms with Gasteiger partial charge in [-0.25, -0.2) is 4.79 Å². The average molecular weight is 245 g/mol. The fourth-order valence-electron chi connectivity index (χ4n) is 1.90. The van der Waals surface area contributed by atoms with Crippen molar-refractivity contribution in [3.63, 3.8) is 0 Å². The van der Waals surface area contributed by atoms with Gasteiger partial charge in [0.1, 0.15) is 17.0 Å². The van der Waals surface area contributed by atoms with Gasteiger partial charge in [-0.05, 0) is 24.5 Å². The van der Waals surface area contributed by atoms with E-state index in [0.717, 1.165) is 12.0 Å². The van der Waals surface area contributed by atoms with Crippen LogP contribution >= 0.6 is 0 Å². The summed E-state index contributed by atoms with van der Waals surface area (Å²) in [4.78, 5) is 11.1. The smallest absolute Gasteiger partial charge is 0.341 e. The van der Waals surface area contributed by atoms with Gasteiger partial charge in [0.15, 0.2) is 0 Å². The van der Waals surface area contributed by atoms with Crippen molar-refractivity contribution in [2.75, 3.05) is 0 Å². The fourth-order valence-corrected chi connectivity index (χ4v) is 1.90. The first kappa shape index (κ1) is 12.4. The van der Waals surface area contributed by atoms with Crippen LogP contribution in [0.3, 0.4) is 0 Å². The van der Waals surface area contributed by atoms with E-state index in [1.807, 2.05) is 24.3 Å². The van der Waals surface area contributed by atoms with Crippen LogP contribution in [0, 0.1) is 6.92 Å². The maximum Gasteiger partial charge on any atom is 0.341 e. The standard InChI is InChI=1S/C14H15NO3/c1-3-10-4-6-11(7-5-10)8-12-13(14(16)17)9(2)18-15-12/h4-7H,3,8H2,1-2H3,(H,16,17). The van der Waals surface area contributed by atoms with Crippen molar-refractivity contribution in [2.45, 2.75) is 26.7 Å². The van der Waals surface area contributed by atoms with Crippen molar-refractivity contribution in [3.8, 4) is 0 Å². The maximum atomic E-state index is 11.1. The first-order valence-corrected chi connectivity index (χ1v) is 5.88. The van der Waals surface area contributed by atoms with Crippen LogP contribution in [0.2, 0.25) is 0 Å². The molecule has 0 atom stereocenters. The molecule has 0 aliphatic carbocycles. The third-order valence-corrected chi connectivity index (χ3v) is 2.95. The molecule has 0 unspecified atom stereocenters. The van der Waals surface area contributed by atoms with Crippen molar-refractivity contribution in [2.24, 2.45) is 0 Å². The Kier molecular flexibility index (Phi) is 3.46. The van der Waals surface area contributed by atoms with Gasteiger partial charge in [-0.2, -0.15) is 0 Å². The lowest BCUT2D eigenvalue weighted by molar-refractivity contribution is 0.0694. The van der Waals surface area contributed by atoms with Crippen molar-refractivity contribution in [3.05, 3.63) is 52.4 Å². The molecule has 4 heteroatoms. The van der Waals surface area contributed by atoms with E-state index in [9.17, 15) is 4.79 Å². The van der Waals surface area contributed by atoms with Gasteiger partial charge in [-0.1, -0.05) is 36.3 Å². The summed E-state index contributed by atoms with van der Waals surface area (Å²) in [5.41, 5.74) is 2.94. The van der Waals surface area contributed by atoms with Gasteiger partial charge >= 0.3 is 5.97 Å². The van der Waals surface area contributed by atoms with Crippen LogP contribution in [0.1, 0.15) is 39.9 Å². The SMILES string of the molecule is CCc1ccc(Cc2noc(C)c2C(=O)O)cc1. The summed E-state index contributed by atoms with van der Waals surface area (Å²) in [6.07, 6.45) is 1.46. The van der Waals surface area contributed by atoms with Crippen LogP contribution in [0.5, 0.6) is 0 Å². The number of aromatic carboxylic acids is 1. The zero-order chi connectivity index (χ0) is 13.1. The second-order valence-electron chi connectivity index (χ2n) is 4.21. The van der Waals surface area contributed by atoms with E-state index in [1.54, 1.807) is 6.92 Å². The van der Waals surface area contributed by atoms with Crippen LogP contribution in [-0.2, 0) is 12.8 Å². The van der Waals surface area contributed by atoms with Crippen molar-refractivity contribution < 1.29 is 14.4 Å². The van der Waals surface area contributed by atoms with Crippen molar-refractivity contribution >= 4 is 5.97 Å². The first-order chi connectivity index (χ1) is 8.61. The maximum absolute atomic E-state index is 11.1. The van der Waals surface area contributed by atoms with Crippen LogP contribution in [0.15, 0.2) is 28.8 Å². The van der Waals surface area contributed by atoms with Crippen molar-refractivity contribution in [1.29, 1.82) is 0 Å². The number of carboxylic acid groups (broad SMARTS) is 1. The zero-order valence-corrected chi connectivity index (χ0v) is 10.4. The third-order valence-electron chi connectivity index (χ3n) is 2.95. The van der Waals surface area contributed by atoms with Crippen LogP contribution in [-0.4, -0.2) is 16.2 Å². The Hall–Kier alpha value is -2.10. The normalized spacial score (nSPS) is 10.6. The lowest BCUT2D eigenvalue weighted by Gasteiger charge is -2.01. The number of aromatic nitrogens is 1. The second-order valence-corrected chi connectivity index (χ2v) is 4.21. The van der Waals surface area contributed by atoms with Crippen molar-refractivity contribution in [1.82, 2.24) is 5.16 Å². The molecule has 1 aromatic heterocycles. The Balaban J connectivity index is 2.25. The van der Waals surface area contributed by atoms with Crippen LogP contribution in [0.4, 0.5) is 0 Å². The first-order valence-electron chi connectivity index (χ1n) is 5.88. The largest absolute Gasteiger partial charge is 0.477 e. The molecule has 2 aromatic rings. The zero-order valence-electron chi connectivity index (χ0n) is 10.4. The minimum Gasteiger partial charge on any atom is -0.477 e. The Morgan fingerprint density at radius 3 is 2.44 bits per heavy atom. The summed E-state index contributed by atoms with van der Waals surface area (Å²) in [6, 6.07) is 8.08. The molecule has 0 amide bonds. The highest BCUT2D eigenvalue weighted by Crippen LogP contribution is 2.17. The Bertz CT molecular complexity index is 555. The van der Waals surface area contributed by atoms with Gasteiger partial charge in [-0.3, -0.25) is 0 Å². The van der Waals surface area contributed by atoms with E-state index in [4.69, 9.17) is 9.63 Å². The van der Waals surface area contributed by atoms with E-state index < -0.39 is 5.97 Å². The number of benzene rings is 1. The number of nitrogens with zero attached hydrogens (tertiary/aromatic N) is 1. The second kappa shape index (κ2) is 5.04. The summed E-state index contributed by atoms with van der Waals surface area (Å²) in [6.45, 7) is 3.71. The van der Waals surface area contributed by atoms with E-state index in [1.165, 1.54) is 5.56 Å². The Morgan fingerprint density at radius 2 is 1.89 bits per heavy atom. The summed E-state index contributed by atoms with van der Waals surface area (Å²) < 4.78 is 4.94. The topological polar surface area (TPSA) is 63.3 Å². The third kappa shape index (κ3) is 2.42. The van der Waals surface area contributed by atoms with Gasteiger partial charge in [0.2, 0.25) is 0 Å². The molecule has 2 rings (SSSR count). The molecule has 4 nitrogen and oxygen atoms in total. The molecule has 0 aliphatic rings. The highest BCUT2D eigenvalue weighted by Gasteiger charge is 2.19.